The zero-order chi connectivity index (χ0) is 14.1. The molecule has 0 aliphatic rings. The highest BCUT2D eigenvalue weighted by atomic mass is 35.5. The van der Waals surface area contributed by atoms with Crippen LogP contribution in [0.2, 0.25) is 10.0 Å². The van der Waals surface area contributed by atoms with Gasteiger partial charge in [-0.15, -0.1) is 11.3 Å². The van der Waals surface area contributed by atoms with Crippen LogP contribution in [0.3, 0.4) is 0 Å². The lowest BCUT2D eigenvalue weighted by Crippen LogP contribution is -2.17. The van der Waals surface area contributed by atoms with Crippen molar-refractivity contribution in [1.29, 1.82) is 0 Å². The average molecular weight is 322 g/mol. The predicted octanol–water partition coefficient (Wildman–Crippen LogP) is 5.52. The summed E-state index contributed by atoms with van der Waals surface area (Å²) in [5.74, 6) is 0. The number of halogens is 2. The van der Waals surface area contributed by atoms with Gasteiger partial charge in [0.15, 0.2) is 0 Å². The molecule has 0 aliphatic heterocycles. The molecule has 0 aliphatic carbocycles. The third kappa shape index (κ3) is 2.45. The Morgan fingerprint density at radius 1 is 1.05 bits per heavy atom. The SMILES string of the molecule is CNC(c1ccc(Cl)c(Cl)c1)c1cccc2ccsc12. The zero-order valence-electron chi connectivity index (χ0n) is 10.9. The first kappa shape index (κ1) is 13.9. The first-order chi connectivity index (χ1) is 9.70. The molecule has 3 rings (SSSR count). The number of thiophene rings is 1. The molecule has 20 heavy (non-hydrogen) atoms. The van der Waals surface area contributed by atoms with Crippen molar-refractivity contribution in [2.75, 3.05) is 7.05 Å². The van der Waals surface area contributed by atoms with Crippen LogP contribution < -0.4 is 5.32 Å². The van der Waals surface area contributed by atoms with Crippen molar-refractivity contribution >= 4 is 44.6 Å². The molecule has 1 heterocycles. The molecule has 0 amide bonds. The summed E-state index contributed by atoms with van der Waals surface area (Å²) in [5.41, 5.74) is 2.38. The van der Waals surface area contributed by atoms with Crippen molar-refractivity contribution in [2.45, 2.75) is 6.04 Å². The van der Waals surface area contributed by atoms with Crippen molar-refractivity contribution in [3.8, 4) is 0 Å². The molecule has 1 unspecified atom stereocenters. The summed E-state index contributed by atoms with van der Waals surface area (Å²) in [4.78, 5) is 0. The van der Waals surface area contributed by atoms with Crippen LogP contribution in [-0.2, 0) is 0 Å². The van der Waals surface area contributed by atoms with Gasteiger partial charge in [-0.25, -0.2) is 0 Å². The summed E-state index contributed by atoms with van der Waals surface area (Å²) in [5, 5.41) is 7.93. The maximum atomic E-state index is 6.14. The smallest absolute Gasteiger partial charge is 0.0595 e. The number of fused-ring (bicyclic) bond motifs is 1. The van der Waals surface area contributed by atoms with E-state index in [-0.39, 0.29) is 6.04 Å². The maximum absolute atomic E-state index is 6.14. The predicted molar refractivity (Wildman–Crippen MR) is 89.2 cm³/mol. The minimum Gasteiger partial charge on any atom is -0.309 e. The largest absolute Gasteiger partial charge is 0.309 e. The molecular formula is C16H13Cl2NS. The van der Waals surface area contributed by atoms with Gasteiger partial charge in [0.05, 0.1) is 16.1 Å². The second kappa shape index (κ2) is 5.74. The molecule has 0 saturated carbocycles. The number of rotatable bonds is 3. The van der Waals surface area contributed by atoms with Crippen LogP contribution in [0.1, 0.15) is 17.2 Å². The molecule has 3 aromatic rings. The van der Waals surface area contributed by atoms with E-state index in [1.165, 1.54) is 15.6 Å². The van der Waals surface area contributed by atoms with Gasteiger partial charge in [0.2, 0.25) is 0 Å². The number of hydrogen-bond donors (Lipinski definition) is 1. The van der Waals surface area contributed by atoms with Crippen LogP contribution in [0.4, 0.5) is 0 Å². The van der Waals surface area contributed by atoms with E-state index in [2.05, 4.69) is 35.0 Å². The Bertz CT molecular complexity index is 751. The van der Waals surface area contributed by atoms with Crippen LogP contribution in [0.5, 0.6) is 0 Å². The van der Waals surface area contributed by atoms with Crippen molar-refractivity contribution in [1.82, 2.24) is 5.32 Å². The zero-order valence-corrected chi connectivity index (χ0v) is 13.2. The van der Waals surface area contributed by atoms with Gasteiger partial charge in [0.1, 0.15) is 0 Å². The lowest BCUT2D eigenvalue weighted by molar-refractivity contribution is 0.698. The van der Waals surface area contributed by atoms with E-state index in [1.54, 1.807) is 11.3 Å². The minimum atomic E-state index is 0.104. The molecule has 1 aromatic heterocycles. The molecule has 0 bridgehead atoms. The van der Waals surface area contributed by atoms with Gasteiger partial charge in [0.25, 0.3) is 0 Å². The van der Waals surface area contributed by atoms with Gasteiger partial charge in [-0.1, -0.05) is 47.5 Å². The molecule has 1 nitrogen and oxygen atoms in total. The van der Waals surface area contributed by atoms with Crippen molar-refractivity contribution in [2.24, 2.45) is 0 Å². The fourth-order valence-electron chi connectivity index (χ4n) is 2.44. The van der Waals surface area contributed by atoms with Crippen molar-refractivity contribution < 1.29 is 0 Å². The topological polar surface area (TPSA) is 12.0 Å². The Morgan fingerprint density at radius 2 is 1.90 bits per heavy atom. The lowest BCUT2D eigenvalue weighted by atomic mass is 9.98. The highest BCUT2D eigenvalue weighted by molar-refractivity contribution is 7.17. The summed E-state index contributed by atoms with van der Waals surface area (Å²) < 4.78 is 1.30. The van der Waals surface area contributed by atoms with Crippen LogP contribution in [0.15, 0.2) is 47.8 Å². The first-order valence-corrected chi connectivity index (χ1v) is 7.92. The second-order valence-corrected chi connectivity index (χ2v) is 6.31. The van der Waals surface area contributed by atoms with E-state index in [4.69, 9.17) is 23.2 Å². The van der Waals surface area contributed by atoms with Gasteiger partial charge in [0, 0.05) is 4.70 Å². The van der Waals surface area contributed by atoms with Crippen LogP contribution in [0, 0.1) is 0 Å². The summed E-state index contributed by atoms with van der Waals surface area (Å²) in [7, 11) is 1.96. The van der Waals surface area contributed by atoms with E-state index < -0.39 is 0 Å². The Kier molecular flexibility index (Phi) is 3.99. The molecule has 2 aromatic carbocycles. The molecule has 0 radical (unpaired) electrons. The van der Waals surface area contributed by atoms with E-state index in [1.807, 2.05) is 25.2 Å². The standard InChI is InChI=1S/C16H13Cl2NS/c1-19-15(11-5-6-13(17)14(18)9-11)12-4-2-3-10-7-8-20-16(10)12/h2-9,15,19H,1H3. The molecule has 0 spiro atoms. The van der Waals surface area contributed by atoms with E-state index in [0.717, 1.165) is 5.56 Å². The first-order valence-electron chi connectivity index (χ1n) is 6.29. The Balaban J connectivity index is 2.13. The molecular weight excluding hydrogens is 309 g/mol. The summed E-state index contributed by atoms with van der Waals surface area (Å²) >= 11 is 13.9. The Labute approximate surface area is 132 Å². The van der Waals surface area contributed by atoms with Gasteiger partial charge in [-0.2, -0.15) is 0 Å². The molecule has 102 valence electrons. The van der Waals surface area contributed by atoms with Gasteiger partial charge >= 0.3 is 0 Å². The van der Waals surface area contributed by atoms with Crippen LogP contribution >= 0.6 is 34.5 Å². The lowest BCUT2D eigenvalue weighted by Gasteiger charge is -2.18. The number of nitrogens with one attached hydrogen (secondary N) is 1. The van der Waals surface area contributed by atoms with Crippen LogP contribution in [0.25, 0.3) is 10.1 Å². The monoisotopic (exact) mass is 321 g/mol. The number of hydrogen-bond acceptors (Lipinski definition) is 2. The highest BCUT2D eigenvalue weighted by Crippen LogP contribution is 2.34. The second-order valence-electron chi connectivity index (χ2n) is 4.58. The third-order valence-corrected chi connectivity index (χ3v) is 5.10. The summed E-state index contributed by atoms with van der Waals surface area (Å²) in [6.45, 7) is 0. The third-order valence-electron chi connectivity index (χ3n) is 3.39. The number of benzene rings is 2. The van der Waals surface area contributed by atoms with Crippen molar-refractivity contribution in [3.63, 3.8) is 0 Å². The van der Waals surface area contributed by atoms with E-state index in [9.17, 15) is 0 Å². The fraction of sp³-hybridized carbons (Fsp3) is 0.125. The van der Waals surface area contributed by atoms with E-state index in [0.29, 0.717) is 10.0 Å². The molecule has 4 heteroatoms. The molecule has 0 saturated heterocycles. The fourth-order valence-corrected chi connectivity index (χ4v) is 3.69. The molecule has 1 N–H and O–H groups in total. The quantitative estimate of drug-likeness (QED) is 0.670. The normalized spacial score (nSPS) is 12.8. The van der Waals surface area contributed by atoms with Crippen molar-refractivity contribution in [3.05, 3.63) is 69.0 Å². The average Bonchev–Trinajstić information content (AvgIpc) is 2.93. The van der Waals surface area contributed by atoms with Gasteiger partial charge in [-0.05, 0) is 47.1 Å². The van der Waals surface area contributed by atoms with Crippen LogP contribution in [-0.4, -0.2) is 7.05 Å². The van der Waals surface area contributed by atoms with Gasteiger partial charge < -0.3 is 5.32 Å². The minimum absolute atomic E-state index is 0.104. The maximum Gasteiger partial charge on any atom is 0.0595 e. The molecule has 1 atom stereocenters. The Morgan fingerprint density at radius 3 is 2.65 bits per heavy atom. The summed E-state index contributed by atoms with van der Waals surface area (Å²) in [6, 6.07) is 14.4. The van der Waals surface area contributed by atoms with E-state index >= 15 is 0 Å². The molecule has 0 fully saturated rings. The van der Waals surface area contributed by atoms with Gasteiger partial charge in [-0.3, -0.25) is 0 Å². The Hall–Kier alpha value is -1.06. The highest BCUT2D eigenvalue weighted by Gasteiger charge is 2.16. The summed E-state index contributed by atoms with van der Waals surface area (Å²) in [6.07, 6.45) is 0.